The average molecular weight is 409 g/mol. The average Bonchev–Trinajstić information content (AvgIpc) is 3.36. The van der Waals surface area contributed by atoms with Crippen LogP contribution >= 0.6 is 11.3 Å². The molecule has 0 aliphatic heterocycles. The summed E-state index contributed by atoms with van der Waals surface area (Å²) in [6.45, 7) is 2.45. The van der Waals surface area contributed by atoms with Gasteiger partial charge in [0.15, 0.2) is 5.82 Å². The Labute approximate surface area is 171 Å². The fourth-order valence-corrected chi connectivity index (χ4v) is 3.57. The second kappa shape index (κ2) is 8.27. The van der Waals surface area contributed by atoms with Crippen LogP contribution in [0.15, 0.2) is 48.0 Å². The smallest absolute Gasteiger partial charge is 0.362 e. The van der Waals surface area contributed by atoms with Gasteiger partial charge in [-0.1, -0.05) is 17.3 Å². The lowest BCUT2D eigenvalue weighted by Crippen LogP contribution is -2.11. The molecule has 148 valence electrons. The number of nitrogens with one attached hydrogen (secondary N) is 1. The van der Waals surface area contributed by atoms with Crippen molar-refractivity contribution in [3.8, 4) is 5.75 Å². The van der Waals surface area contributed by atoms with E-state index < -0.39 is 5.97 Å². The van der Waals surface area contributed by atoms with Crippen LogP contribution in [0.4, 0.5) is 11.5 Å². The molecule has 8 nitrogen and oxygen atoms in total. The predicted octanol–water partition coefficient (Wildman–Crippen LogP) is 3.87. The van der Waals surface area contributed by atoms with E-state index in [0.717, 1.165) is 27.2 Å². The molecule has 0 unspecified atom stereocenters. The molecule has 0 fully saturated rings. The van der Waals surface area contributed by atoms with E-state index in [1.165, 1.54) is 0 Å². The minimum atomic E-state index is -0.519. The Kier molecular flexibility index (Phi) is 5.39. The second-order valence-electron chi connectivity index (χ2n) is 6.17. The maximum atomic E-state index is 12.4. The topological polar surface area (TPSA) is 91.2 Å². The van der Waals surface area contributed by atoms with Crippen molar-refractivity contribution in [2.24, 2.45) is 0 Å². The van der Waals surface area contributed by atoms with E-state index in [9.17, 15) is 4.79 Å². The van der Waals surface area contributed by atoms with Crippen LogP contribution in [0.25, 0.3) is 10.2 Å². The first-order valence-electron chi connectivity index (χ1n) is 9.01. The number of carbonyl (C=O) groups excluding carboxylic acids is 1. The van der Waals surface area contributed by atoms with E-state index in [1.54, 1.807) is 35.6 Å². The highest BCUT2D eigenvalue weighted by Crippen LogP contribution is 2.26. The Morgan fingerprint density at radius 1 is 1.21 bits per heavy atom. The number of hydrogen-bond acceptors (Lipinski definition) is 8. The molecule has 2 aromatic carbocycles. The zero-order valence-electron chi connectivity index (χ0n) is 16.0. The molecule has 0 atom stereocenters. The number of carbonyl (C=O) groups is 1. The van der Waals surface area contributed by atoms with Crippen LogP contribution in [0.5, 0.6) is 5.75 Å². The fraction of sp³-hybridized carbons (Fsp3) is 0.200. The summed E-state index contributed by atoms with van der Waals surface area (Å²) in [5.41, 5.74) is 4.67. The standard InChI is InChI=1S/C20H19N5O3S/c1-3-28-20(26)18-19(22-14-6-9-16-17(10-14)29-12-21-16)25(24-23-18)11-13-4-7-15(27-2)8-5-13/h4-10,12,22H,3,11H2,1-2H3. The van der Waals surface area contributed by atoms with E-state index in [2.05, 4.69) is 20.6 Å². The van der Waals surface area contributed by atoms with E-state index >= 15 is 0 Å². The van der Waals surface area contributed by atoms with Crippen LogP contribution in [-0.4, -0.2) is 39.7 Å². The number of fused-ring (bicyclic) bond motifs is 1. The molecule has 0 amide bonds. The third-order valence-corrected chi connectivity index (χ3v) is 5.08. The highest BCUT2D eigenvalue weighted by atomic mass is 32.1. The predicted molar refractivity (Wildman–Crippen MR) is 111 cm³/mol. The number of thiazole rings is 1. The van der Waals surface area contributed by atoms with Crippen molar-refractivity contribution < 1.29 is 14.3 Å². The van der Waals surface area contributed by atoms with E-state index in [1.807, 2.05) is 42.5 Å². The van der Waals surface area contributed by atoms with E-state index in [0.29, 0.717) is 12.4 Å². The number of aromatic nitrogens is 4. The van der Waals surface area contributed by atoms with Gasteiger partial charge in [0.25, 0.3) is 0 Å². The number of benzene rings is 2. The molecule has 9 heteroatoms. The minimum Gasteiger partial charge on any atom is -0.497 e. The summed E-state index contributed by atoms with van der Waals surface area (Å²) in [5.74, 6) is 0.730. The van der Waals surface area contributed by atoms with E-state index in [-0.39, 0.29) is 12.3 Å². The highest BCUT2D eigenvalue weighted by Gasteiger charge is 2.21. The van der Waals surface area contributed by atoms with Gasteiger partial charge in [0, 0.05) is 5.69 Å². The van der Waals surface area contributed by atoms with Crippen molar-refractivity contribution in [2.75, 3.05) is 19.0 Å². The molecule has 1 N–H and O–H groups in total. The number of ether oxygens (including phenoxy) is 2. The summed E-state index contributed by atoms with van der Waals surface area (Å²) >= 11 is 1.55. The SMILES string of the molecule is CCOC(=O)c1nnn(Cc2ccc(OC)cc2)c1Nc1ccc2ncsc2c1. The molecule has 0 saturated carbocycles. The first kappa shape index (κ1) is 18.9. The summed E-state index contributed by atoms with van der Waals surface area (Å²) < 4.78 is 13.0. The summed E-state index contributed by atoms with van der Waals surface area (Å²) in [4.78, 5) is 16.7. The van der Waals surface area contributed by atoms with Crippen molar-refractivity contribution in [1.82, 2.24) is 20.0 Å². The number of hydrogen-bond donors (Lipinski definition) is 1. The van der Waals surface area contributed by atoms with Gasteiger partial charge in [0.2, 0.25) is 5.69 Å². The lowest BCUT2D eigenvalue weighted by Gasteiger charge is -2.11. The van der Waals surface area contributed by atoms with Crippen molar-refractivity contribution in [2.45, 2.75) is 13.5 Å². The molecule has 4 rings (SSSR count). The van der Waals surface area contributed by atoms with Crippen molar-refractivity contribution in [3.63, 3.8) is 0 Å². The molecule has 0 aliphatic carbocycles. The lowest BCUT2D eigenvalue weighted by molar-refractivity contribution is 0.0520. The van der Waals surface area contributed by atoms with Gasteiger partial charge in [0.1, 0.15) is 5.75 Å². The molecule has 0 aliphatic rings. The molecular weight excluding hydrogens is 390 g/mol. The Balaban J connectivity index is 1.67. The molecular formula is C20H19N5O3S. The summed E-state index contributed by atoms with van der Waals surface area (Å²) in [6, 6.07) is 13.5. The first-order chi connectivity index (χ1) is 14.2. The van der Waals surface area contributed by atoms with Crippen LogP contribution in [-0.2, 0) is 11.3 Å². The van der Waals surface area contributed by atoms with Crippen molar-refractivity contribution in [3.05, 3.63) is 59.2 Å². The third kappa shape index (κ3) is 4.04. The molecule has 0 spiro atoms. The summed E-state index contributed by atoms with van der Waals surface area (Å²) in [5, 5.41) is 11.5. The Morgan fingerprint density at radius 2 is 2.03 bits per heavy atom. The first-order valence-corrected chi connectivity index (χ1v) is 9.89. The van der Waals surface area contributed by atoms with Crippen molar-refractivity contribution in [1.29, 1.82) is 0 Å². The van der Waals surface area contributed by atoms with Gasteiger partial charge < -0.3 is 14.8 Å². The molecule has 29 heavy (non-hydrogen) atoms. The minimum absolute atomic E-state index is 0.143. The van der Waals surface area contributed by atoms with Gasteiger partial charge in [-0.05, 0) is 42.8 Å². The molecule has 2 aromatic heterocycles. The quantitative estimate of drug-likeness (QED) is 0.463. The summed E-state index contributed by atoms with van der Waals surface area (Å²) in [7, 11) is 1.63. The molecule has 0 saturated heterocycles. The second-order valence-corrected chi connectivity index (χ2v) is 7.06. The van der Waals surface area contributed by atoms with Crippen LogP contribution in [0.1, 0.15) is 23.0 Å². The summed E-state index contributed by atoms with van der Waals surface area (Å²) in [6.07, 6.45) is 0. The Morgan fingerprint density at radius 3 is 2.79 bits per heavy atom. The third-order valence-electron chi connectivity index (χ3n) is 4.29. The number of anilines is 2. The Bertz CT molecular complexity index is 1140. The fourth-order valence-electron chi connectivity index (χ4n) is 2.86. The van der Waals surface area contributed by atoms with Gasteiger partial charge in [0.05, 0.1) is 36.0 Å². The maximum Gasteiger partial charge on any atom is 0.362 e. The molecule has 0 bridgehead atoms. The lowest BCUT2D eigenvalue weighted by atomic mass is 10.2. The zero-order chi connectivity index (χ0) is 20.2. The van der Waals surface area contributed by atoms with Crippen LogP contribution in [0.3, 0.4) is 0 Å². The van der Waals surface area contributed by atoms with Gasteiger partial charge in [-0.25, -0.2) is 14.5 Å². The maximum absolute atomic E-state index is 12.4. The number of esters is 1. The number of rotatable bonds is 7. The highest BCUT2D eigenvalue weighted by molar-refractivity contribution is 7.16. The van der Waals surface area contributed by atoms with Gasteiger partial charge >= 0.3 is 5.97 Å². The van der Waals surface area contributed by atoms with Crippen molar-refractivity contribution >= 4 is 39.0 Å². The number of methoxy groups -OCH3 is 1. The normalized spacial score (nSPS) is 10.8. The van der Waals surface area contributed by atoms with Gasteiger partial charge in [-0.15, -0.1) is 16.4 Å². The monoisotopic (exact) mass is 409 g/mol. The largest absolute Gasteiger partial charge is 0.497 e. The zero-order valence-corrected chi connectivity index (χ0v) is 16.8. The van der Waals surface area contributed by atoms with Crippen LogP contribution in [0.2, 0.25) is 0 Å². The van der Waals surface area contributed by atoms with Crippen LogP contribution < -0.4 is 10.1 Å². The molecule has 0 radical (unpaired) electrons. The van der Waals surface area contributed by atoms with Gasteiger partial charge in [-0.3, -0.25) is 0 Å². The van der Waals surface area contributed by atoms with Crippen LogP contribution in [0, 0.1) is 0 Å². The van der Waals surface area contributed by atoms with E-state index in [4.69, 9.17) is 9.47 Å². The Hall–Kier alpha value is -3.46. The van der Waals surface area contributed by atoms with Gasteiger partial charge in [-0.2, -0.15) is 0 Å². The molecule has 4 aromatic rings. The number of nitrogens with zero attached hydrogens (tertiary/aromatic N) is 4. The molecule has 2 heterocycles.